The zero-order chi connectivity index (χ0) is 14.0. The van der Waals surface area contributed by atoms with Gasteiger partial charge in [0.2, 0.25) is 0 Å². The van der Waals surface area contributed by atoms with Gasteiger partial charge in [0.25, 0.3) is 0 Å². The Kier molecular flexibility index (Phi) is 3.93. The van der Waals surface area contributed by atoms with E-state index in [0.717, 1.165) is 5.56 Å². The molecular weight excluding hydrogens is 234 g/mol. The third kappa shape index (κ3) is 2.96. The summed E-state index contributed by atoms with van der Waals surface area (Å²) in [7, 11) is 0. The number of nitrogens with two attached hydrogens (primary N) is 1. The number of rotatable bonds is 3. The van der Waals surface area contributed by atoms with E-state index in [4.69, 9.17) is 5.73 Å². The molecule has 0 radical (unpaired) electrons. The van der Waals surface area contributed by atoms with Crippen molar-refractivity contribution in [3.8, 4) is 0 Å². The van der Waals surface area contributed by atoms with Crippen molar-refractivity contribution in [2.75, 3.05) is 6.54 Å². The molecule has 2 rings (SSSR count). The molecule has 0 aliphatic rings. The van der Waals surface area contributed by atoms with Gasteiger partial charge >= 0.3 is 0 Å². The van der Waals surface area contributed by atoms with Gasteiger partial charge in [-0.3, -0.25) is 0 Å². The first kappa shape index (κ1) is 14.0. The van der Waals surface area contributed by atoms with Crippen LogP contribution in [0.25, 0.3) is 10.8 Å². The first-order valence-corrected chi connectivity index (χ1v) is 6.80. The Balaban J connectivity index is 2.41. The number of hydrogen-bond donors (Lipinski definition) is 2. The average Bonchev–Trinajstić information content (AvgIpc) is 2.38. The second-order valence-corrected chi connectivity index (χ2v) is 6.26. The van der Waals surface area contributed by atoms with Crippen LogP contribution >= 0.6 is 0 Å². The normalized spacial score (nSPS) is 15.4. The highest BCUT2D eigenvalue weighted by Gasteiger charge is 2.30. The average molecular weight is 257 g/mol. The maximum absolute atomic E-state index is 10.5. The van der Waals surface area contributed by atoms with Crippen LogP contribution in [0.2, 0.25) is 0 Å². The van der Waals surface area contributed by atoms with Gasteiger partial charge in [-0.05, 0) is 21.8 Å². The Morgan fingerprint density at radius 3 is 2.26 bits per heavy atom. The third-order valence-electron chi connectivity index (χ3n) is 3.72. The van der Waals surface area contributed by atoms with Crippen molar-refractivity contribution < 1.29 is 5.11 Å². The summed E-state index contributed by atoms with van der Waals surface area (Å²) in [6.45, 7) is 6.58. The SMILES string of the molecule is CC(C)(C)C(O)C(CN)c1ccc2ccccc2c1. The standard InChI is InChI=1S/C17H23NO/c1-17(2,3)16(19)15(11-18)14-9-8-12-6-4-5-7-13(12)10-14/h4-10,15-16,19H,11,18H2,1-3H3. The summed E-state index contributed by atoms with van der Waals surface area (Å²) in [5.74, 6) is -0.0235. The van der Waals surface area contributed by atoms with Crippen LogP contribution in [0.1, 0.15) is 32.3 Å². The summed E-state index contributed by atoms with van der Waals surface area (Å²) in [5.41, 5.74) is 6.83. The van der Waals surface area contributed by atoms with Crippen molar-refractivity contribution in [1.82, 2.24) is 0 Å². The van der Waals surface area contributed by atoms with E-state index in [0.29, 0.717) is 6.54 Å². The van der Waals surface area contributed by atoms with Crippen LogP contribution in [-0.4, -0.2) is 17.8 Å². The quantitative estimate of drug-likeness (QED) is 0.886. The monoisotopic (exact) mass is 257 g/mol. The smallest absolute Gasteiger partial charge is 0.0669 e. The third-order valence-corrected chi connectivity index (χ3v) is 3.72. The highest BCUT2D eigenvalue weighted by atomic mass is 16.3. The number of benzene rings is 2. The van der Waals surface area contributed by atoms with E-state index in [1.165, 1.54) is 10.8 Å². The van der Waals surface area contributed by atoms with E-state index in [2.05, 4.69) is 30.3 Å². The number of aliphatic hydroxyl groups is 1. The summed E-state index contributed by atoms with van der Waals surface area (Å²) in [6.07, 6.45) is -0.446. The van der Waals surface area contributed by atoms with Gasteiger partial charge in [0.05, 0.1) is 6.10 Å². The molecule has 0 bridgehead atoms. The molecule has 0 saturated heterocycles. The summed E-state index contributed by atoms with van der Waals surface area (Å²) >= 11 is 0. The van der Waals surface area contributed by atoms with Crippen molar-refractivity contribution in [3.05, 3.63) is 48.0 Å². The van der Waals surface area contributed by atoms with Crippen LogP contribution < -0.4 is 5.73 Å². The Morgan fingerprint density at radius 1 is 1.05 bits per heavy atom. The Hall–Kier alpha value is -1.38. The molecule has 0 heterocycles. The highest BCUT2D eigenvalue weighted by Crippen LogP contribution is 2.32. The van der Waals surface area contributed by atoms with Crippen molar-refractivity contribution >= 4 is 10.8 Å². The summed E-state index contributed by atoms with van der Waals surface area (Å²) in [4.78, 5) is 0. The molecule has 2 heteroatoms. The van der Waals surface area contributed by atoms with Crippen LogP contribution in [0, 0.1) is 5.41 Å². The molecule has 0 fully saturated rings. The van der Waals surface area contributed by atoms with Gasteiger partial charge < -0.3 is 10.8 Å². The van der Waals surface area contributed by atoms with Crippen LogP contribution in [0.4, 0.5) is 0 Å². The van der Waals surface area contributed by atoms with E-state index in [-0.39, 0.29) is 11.3 Å². The zero-order valence-corrected chi connectivity index (χ0v) is 11.9. The van der Waals surface area contributed by atoms with Gasteiger partial charge in [0, 0.05) is 12.5 Å². The molecule has 0 spiro atoms. The fraction of sp³-hybridized carbons (Fsp3) is 0.412. The Morgan fingerprint density at radius 2 is 1.68 bits per heavy atom. The van der Waals surface area contributed by atoms with Crippen molar-refractivity contribution in [3.63, 3.8) is 0 Å². The molecule has 0 amide bonds. The lowest BCUT2D eigenvalue weighted by atomic mass is 9.78. The number of hydrogen-bond acceptors (Lipinski definition) is 2. The van der Waals surface area contributed by atoms with Gasteiger partial charge in [-0.25, -0.2) is 0 Å². The first-order chi connectivity index (χ1) is 8.93. The van der Waals surface area contributed by atoms with Gasteiger partial charge in [0.1, 0.15) is 0 Å². The Bertz CT molecular complexity index is 556. The van der Waals surface area contributed by atoms with Gasteiger partial charge in [0.15, 0.2) is 0 Å². The number of fused-ring (bicyclic) bond motifs is 1. The molecule has 102 valence electrons. The van der Waals surface area contributed by atoms with Crippen LogP contribution in [0.5, 0.6) is 0 Å². The van der Waals surface area contributed by atoms with E-state index < -0.39 is 6.10 Å². The van der Waals surface area contributed by atoms with E-state index in [1.54, 1.807) is 0 Å². The molecule has 0 aliphatic heterocycles. The first-order valence-electron chi connectivity index (χ1n) is 6.80. The summed E-state index contributed by atoms with van der Waals surface area (Å²) < 4.78 is 0. The minimum Gasteiger partial charge on any atom is -0.392 e. The number of aliphatic hydroxyl groups excluding tert-OH is 1. The molecule has 0 saturated carbocycles. The van der Waals surface area contributed by atoms with E-state index in [9.17, 15) is 5.11 Å². The lowest BCUT2D eigenvalue weighted by molar-refractivity contribution is 0.0408. The minimum atomic E-state index is -0.446. The second-order valence-electron chi connectivity index (χ2n) is 6.26. The van der Waals surface area contributed by atoms with E-state index in [1.807, 2.05) is 32.9 Å². The Labute approximate surface area is 115 Å². The lowest BCUT2D eigenvalue weighted by Crippen LogP contribution is -2.36. The fourth-order valence-electron chi connectivity index (χ4n) is 2.49. The van der Waals surface area contributed by atoms with Crippen molar-refractivity contribution in [1.29, 1.82) is 0 Å². The van der Waals surface area contributed by atoms with Crippen LogP contribution in [0.3, 0.4) is 0 Å². The fourth-order valence-corrected chi connectivity index (χ4v) is 2.49. The van der Waals surface area contributed by atoms with Crippen molar-refractivity contribution in [2.24, 2.45) is 11.1 Å². The van der Waals surface area contributed by atoms with Crippen LogP contribution in [0.15, 0.2) is 42.5 Å². The van der Waals surface area contributed by atoms with Gasteiger partial charge in [-0.2, -0.15) is 0 Å². The summed E-state index contributed by atoms with van der Waals surface area (Å²) in [6, 6.07) is 14.6. The van der Waals surface area contributed by atoms with Crippen LogP contribution in [-0.2, 0) is 0 Å². The van der Waals surface area contributed by atoms with Gasteiger partial charge in [-0.15, -0.1) is 0 Å². The lowest BCUT2D eigenvalue weighted by Gasteiger charge is -2.32. The maximum atomic E-state index is 10.5. The molecule has 0 aliphatic carbocycles. The van der Waals surface area contributed by atoms with Gasteiger partial charge in [-0.1, -0.05) is 63.2 Å². The molecule has 3 N–H and O–H groups in total. The molecule has 2 aromatic rings. The molecule has 2 nitrogen and oxygen atoms in total. The molecule has 2 aromatic carbocycles. The maximum Gasteiger partial charge on any atom is 0.0669 e. The minimum absolute atomic E-state index is 0.0235. The highest BCUT2D eigenvalue weighted by molar-refractivity contribution is 5.83. The predicted octanol–water partition coefficient (Wildman–Crippen LogP) is 3.29. The molecule has 19 heavy (non-hydrogen) atoms. The summed E-state index contributed by atoms with van der Waals surface area (Å²) in [5, 5.41) is 12.9. The zero-order valence-electron chi connectivity index (χ0n) is 11.9. The van der Waals surface area contributed by atoms with Crippen molar-refractivity contribution in [2.45, 2.75) is 32.8 Å². The molecule has 2 unspecified atom stereocenters. The molecule has 0 aromatic heterocycles. The predicted molar refractivity (Wildman–Crippen MR) is 81.2 cm³/mol. The molecule has 2 atom stereocenters. The second kappa shape index (κ2) is 5.32. The topological polar surface area (TPSA) is 46.2 Å². The molecular formula is C17H23NO. The largest absolute Gasteiger partial charge is 0.392 e. The van der Waals surface area contributed by atoms with E-state index >= 15 is 0 Å².